The Labute approximate surface area is 131 Å². The predicted octanol–water partition coefficient (Wildman–Crippen LogP) is 1.68. The molecule has 2 heterocycles. The molecule has 1 aromatic rings. The lowest BCUT2D eigenvalue weighted by Gasteiger charge is -2.34. The maximum absolute atomic E-state index is 12.7. The first-order valence-corrected chi connectivity index (χ1v) is 7.85. The molecule has 2 rings (SSSR count). The van der Waals surface area contributed by atoms with Crippen molar-refractivity contribution in [2.24, 2.45) is 13.0 Å². The van der Waals surface area contributed by atoms with E-state index in [1.165, 1.54) is 0 Å². The normalized spacial score (nSPS) is 20.0. The van der Waals surface area contributed by atoms with E-state index in [1.54, 1.807) is 4.90 Å². The van der Waals surface area contributed by atoms with Crippen LogP contribution < -0.4 is 0 Å². The van der Waals surface area contributed by atoms with Crippen LogP contribution in [-0.2, 0) is 23.1 Å². The summed E-state index contributed by atoms with van der Waals surface area (Å²) in [6.07, 6.45) is 2.91. The number of hydrogen-bond donors (Lipinski definition) is 1. The standard InChI is InChI=1S/C16H25N3O3/c1-10(9-13-11(2)17-18(4)12(13)3)15(20)19-8-6-5-7-14(19)16(21)22/h10,14H,5-9H2,1-4H3,(H,21,22)/t10-,14-/m0/s1. The second kappa shape index (κ2) is 6.50. The molecule has 0 aromatic carbocycles. The van der Waals surface area contributed by atoms with Crippen molar-refractivity contribution in [2.75, 3.05) is 6.54 Å². The van der Waals surface area contributed by atoms with E-state index in [4.69, 9.17) is 0 Å². The predicted molar refractivity (Wildman–Crippen MR) is 82.5 cm³/mol. The van der Waals surface area contributed by atoms with Gasteiger partial charge in [-0.15, -0.1) is 0 Å². The molecule has 22 heavy (non-hydrogen) atoms. The van der Waals surface area contributed by atoms with Gasteiger partial charge in [-0.05, 0) is 45.1 Å². The fourth-order valence-electron chi connectivity index (χ4n) is 3.24. The van der Waals surface area contributed by atoms with Crippen LogP contribution in [0.1, 0.15) is 43.1 Å². The fraction of sp³-hybridized carbons (Fsp3) is 0.688. The first-order chi connectivity index (χ1) is 10.3. The number of carboxylic acid groups (broad SMARTS) is 1. The molecule has 122 valence electrons. The van der Waals surface area contributed by atoms with Crippen molar-refractivity contribution in [3.8, 4) is 0 Å². The molecule has 1 N–H and O–H groups in total. The molecular formula is C16H25N3O3. The largest absolute Gasteiger partial charge is 0.480 e. The van der Waals surface area contributed by atoms with Crippen LogP contribution in [0.15, 0.2) is 0 Å². The maximum atomic E-state index is 12.7. The third-order valence-electron chi connectivity index (χ3n) is 4.66. The van der Waals surface area contributed by atoms with Gasteiger partial charge in [0.1, 0.15) is 6.04 Å². The van der Waals surface area contributed by atoms with Crippen LogP contribution in [0.5, 0.6) is 0 Å². The summed E-state index contributed by atoms with van der Waals surface area (Å²) in [7, 11) is 1.89. The van der Waals surface area contributed by atoms with Crippen molar-refractivity contribution < 1.29 is 14.7 Å². The lowest BCUT2D eigenvalue weighted by atomic mass is 9.95. The quantitative estimate of drug-likeness (QED) is 0.918. The van der Waals surface area contributed by atoms with Gasteiger partial charge in [-0.2, -0.15) is 5.10 Å². The summed E-state index contributed by atoms with van der Waals surface area (Å²) < 4.78 is 1.82. The highest BCUT2D eigenvalue weighted by molar-refractivity contribution is 5.85. The molecule has 1 fully saturated rings. The summed E-state index contributed by atoms with van der Waals surface area (Å²) in [5.41, 5.74) is 3.09. The van der Waals surface area contributed by atoms with Gasteiger partial charge < -0.3 is 10.0 Å². The van der Waals surface area contributed by atoms with E-state index in [1.807, 2.05) is 32.5 Å². The van der Waals surface area contributed by atoms with E-state index in [9.17, 15) is 14.7 Å². The zero-order valence-electron chi connectivity index (χ0n) is 13.8. The summed E-state index contributed by atoms with van der Waals surface area (Å²) in [4.78, 5) is 25.6. The van der Waals surface area contributed by atoms with Gasteiger partial charge in [0.2, 0.25) is 5.91 Å². The Balaban J connectivity index is 2.12. The molecule has 1 saturated heterocycles. The number of aromatic nitrogens is 2. The van der Waals surface area contributed by atoms with E-state index >= 15 is 0 Å². The zero-order chi connectivity index (χ0) is 16.4. The number of aliphatic carboxylic acids is 1. The van der Waals surface area contributed by atoms with Crippen LogP contribution in [0.4, 0.5) is 0 Å². The molecule has 2 atom stereocenters. The third kappa shape index (κ3) is 3.15. The van der Waals surface area contributed by atoms with Crippen LogP contribution in [0, 0.1) is 19.8 Å². The first kappa shape index (κ1) is 16.5. The highest BCUT2D eigenvalue weighted by atomic mass is 16.4. The Hall–Kier alpha value is -1.85. The zero-order valence-corrected chi connectivity index (χ0v) is 13.8. The van der Waals surface area contributed by atoms with Crippen molar-refractivity contribution >= 4 is 11.9 Å². The summed E-state index contributed by atoms with van der Waals surface area (Å²) in [6, 6.07) is -0.667. The Bertz CT molecular complexity index is 579. The van der Waals surface area contributed by atoms with Gasteiger partial charge in [-0.3, -0.25) is 9.48 Å². The van der Waals surface area contributed by atoms with Crippen molar-refractivity contribution in [2.45, 2.75) is 52.5 Å². The number of hydrogen-bond acceptors (Lipinski definition) is 3. The highest BCUT2D eigenvalue weighted by Gasteiger charge is 2.34. The van der Waals surface area contributed by atoms with Crippen LogP contribution in [0.2, 0.25) is 0 Å². The SMILES string of the molecule is Cc1nn(C)c(C)c1C[C@H](C)C(=O)N1CCCC[C@H]1C(=O)O. The highest BCUT2D eigenvalue weighted by Crippen LogP contribution is 2.23. The third-order valence-corrected chi connectivity index (χ3v) is 4.66. The molecule has 0 radical (unpaired) electrons. The van der Waals surface area contributed by atoms with Crippen molar-refractivity contribution in [1.82, 2.24) is 14.7 Å². The Morgan fingerprint density at radius 2 is 2.05 bits per heavy atom. The molecular weight excluding hydrogens is 282 g/mol. The second-order valence-corrected chi connectivity index (χ2v) is 6.26. The smallest absolute Gasteiger partial charge is 0.326 e. The fourth-order valence-corrected chi connectivity index (χ4v) is 3.24. The van der Waals surface area contributed by atoms with Crippen LogP contribution in [-0.4, -0.2) is 44.3 Å². The second-order valence-electron chi connectivity index (χ2n) is 6.26. The van der Waals surface area contributed by atoms with E-state index in [-0.39, 0.29) is 11.8 Å². The monoisotopic (exact) mass is 307 g/mol. The van der Waals surface area contributed by atoms with Crippen molar-refractivity contribution in [1.29, 1.82) is 0 Å². The van der Waals surface area contributed by atoms with Gasteiger partial charge in [0.15, 0.2) is 0 Å². The molecule has 0 saturated carbocycles. The maximum Gasteiger partial charge on any atom is 0.326 e. The number of carbonyl (C=O) groups excluding carboxylic acids is 1. The number of rotatable bonds is 4. The Morgan fingerprint density at radius 1 is 1.36 bits per heavy atom. The minimum Gasteiger partial charge on any atom is -0.480 e. The van der Waals surface area contributed by atoms with Gasteiger partial charge in [0.05, 0.1) is 5.69 Å². The molecule has 6 nitrogen and oxygen atoms in total. The lowest BCUT2D eigenvalue weighted by molar-refractivity contribution is -0.153. The number of carboxylic acids is 1. The molecule has 1 aliphatic heterocycles. The number of nitrogens with zero attached hydrogens (tertiary/aromatic N) is 3. The summed E-state index contributed by atoms with van der Waals surface area (Å²) >= 11 is 0. The molecule has 0 spiro atoms. The van der Waals surface area contributed by atoms with Gasteiger partial charge >= 0.3 is 5.97 Å². The molecule has 0 bridgehead atoms. The Morgan fingerprint density at radius 3 is 2.59 bits per heavy atom. The molecule has 1 amide bonds. The Kier molecular flexibility index (Phi) is 4.88. The summed E-state index contributed by atoms with van der Waals surface area (Å²) in [5.74, 6) is -1.19. The van der Waals surface area contributed by atoms with Gasteiger partial charge in [-0.25, -0.2) is 4.79 Å². The molecule has 0 aliphatic carbocycles. The van der Waals surface area contributed by atoms with Crippen molar-refractivity contribution in [3.05, 3.63) is 17.0 Å². The van der Waals surface area contributed by atoms with Crippen LogP contribution in [0.25, 0.3) is 0 Å². The number of likely N-dealkylation sites (tertiary alicyclic amines) is 1. The van der Waals surface area contributed by atoms with Crippen molar-refractivity contribution in [3.63, 3.8) is 0 Å². The lowest BCUT2D eigenvalue weighted by Crippen LogP contribution is -2.50. The number of carbonyl (C=O) groups is 2. The first-order valence-electron chi connectivity index (χ1n) is 7.85. The summed E-state index contributed by atoms with van der Waals surface area (Å²) in [6.45, 7) is 6.36. The average molecular weight is 307 g/mol. The van der Waals surface area contributed by atoms with Gasteiger partial charge in [0.25, 0.3) is 0 Å². The van der Waals surface area contributed by atoms with Crippen LogP contribution >= 0.6 is 0 Å². The molecule has 1 aromatic heterocycles. The minimum absolute atomic E-state index is 0.0604. The average Bonchev–Trinajstić information content (AvgIpc) is 2.72. The van der Waals surface area contributed by atoms with Gasteiger partial charge in [-0.1, -0.05) is 6.92 Å². The summed E-state index contributed by atoms with van der Waals surface area (Å²) in [5, 5.41) is 13.7. The molecule has 6 heteroatoms. The molecule has 1 aliphatic rings. The molecule has 0 unspecified atom stereocenters. The van der Waals surface area contributed by atoms with Crippen LogP contribution in [0.3, 0.4) is 0 Å². The van der Waals surface area contributed by atoms with E-state index in [0.717, 1.165) is 29.8 Å². The minimum atomic E-state index is -0.894. The van der Waals surface area contributed by atoms with E-state index < -0.39 is 12.0 Å². The van der Waals surface area contributed by atoms with E-state index in [2.05, 4.69) is 5.10 Å². The van der Waals surface area contributed by atoms with Gasteiger partial charge in [0, 0.05) is 25.2 Å². The topological polar surface area (TPSA) is 75.4 Å². The van der Waals surface area contributed by atoms with E-state index in [0.29, 0.717) is 19.4 Å². The number of amides is 1. The number of aryl methyl sites for hydroxylation is 2. The number of piperidine rings is 1.